The van der Waals surface area contributed by atoms with Crippen molar-refractivity contribution in [3.63, 3.8) is 0 Å². The third-order valence-corrected chi connectivity index (χ3v) is 2.09. The summed E-state index contributed by atoms with van der Waals surface area (Å²) in [6.07, 6.45) is 1.70. The van der Waals surface area contributed by atoms with Gasteiger partial charge in [-0.15, -0.1) is 16.4 Å². The summed E-state index contributed by atoms with van der Waals surface area (Å²) in [5, 5.41) is 6.69. The van der Waals surface area contributed by atoms with Crippen molar-refractivity contribution in [2.24, 2.45) is 0 Å². The first kappa shape index (κ1) is 7.23. The molecule has 2 aromatic heterocycles. The largest absolute Gasteiger partial charge is 0.368 e. The van der Waals surface area contributed by atoms with Crippen LogP contribution < -0.4 is 5.73 Å². The van der Waals surface area contributed by atoms with Gasteiger partial charge in [-0.2, -0.15) is 9.67 Å². The molecule has 0 aliphatic carbocycles. The highest BCUT2D eigenvalue weighted by atomic mass is 32.1. The predicted octanol–water partition coefficient (Wildman–Crippen LogP) is 0.614. The van der Waals surface area contributed by atoms with Crippen molar-refractivity contribution in [3.05, 3.63) is 17.4 Å². The molecule has 2 aromatic rings. The van der Waals surface area contributed by atoms with E-state index in [1.807, 2.05) is 5.38 Å². The van der Waals surface area contributed by atoms with Crippen LogP contribution in [0.15, 0.2) is 11.6 Å². The number of hydrogen-bond acceptors (Lipinski definition) is 5. The fourth-order valence-corrected chi connectivity index (χ4v) is 1.49. The molecule has 0 saturated heterocycles. The smallest absolute Gasteiger partial charge is 0.225 e. The highest BCUT2D eigenvalue weighted by molar-refractivity contribution is 7.12. The van der Waals surface area contributed by atoms with Gasteiger partial charge >= 0.3 is 0 Å². The summed E-state index contributed by atoms with van der Waals surface area (Å²) in [5.41, 5.74) is 5.59. The molecule has 0 saturated carbocycles. The topological polar surface area (TPSA) is 69.6 Å². The van der Waals surface area contributed by atoms with Gasteiger partial charge in [-0.05, 0) is 6.92 Å². The van der Waals surface area contributed by atoms with Gasteiger partial charge in [-0.3, -0.25) is 0 Å². The van der Waals surface area contributed by atoms with Crippen LogP contribution in [0.5, 0.6) is 0 Å². The lowest BCUT2D eigenvalue weighted by Crippen LogP contribution is -2.01. The first-order valence-corrected chi connectivity index (χ1v) is 4.24. The van der Waals surface area contributed by atoms with Gasteiger partial charge < -0.3 is 5.73 Å². The van der Waals surface area contributed by atoms with Crippen LogP contribution in [0.1, 0.15) is 5.82 Å². The highest BCUT2D eigenvalue weighted by Crippen LogP contribution is 2.12. The molecule has 0 amide bonds. The van der Waals surface area contributed by atoms with Gasteiger partial charge in [0.15, 0.2) is 0 Å². The monoisotopic (exact) mass is 181 g/mol. The van der Waals surface area contributed by atoms with Crippen LogP contribution >= 0.6 is 11.3 Å². The summed E-state index contributed by atoms with van der Waals surface area (Å²) in [6.45, 7) is 1.79. The van der Waals surface area contributed by atoms with Gasteiger partial charge in [0.1, 0.15) is 5.82 Å². The zero-order valence-electron chi connectivity index (χ0n) is 6.43. The van der Waals surface area contributed by atoms with E-state index in [-0.39, 0.29) is 0 Å². The molecule has 62 valence electrons. The number of nitrogens with zero attached hydrogens (tertiary/aromatic N) is 4. The Morgan fingerprint density at radius 1 is 1.58 bits per heavy atom. The van der Waals surface area contributed by atoms with Crippen LogP contribution in [-0.2, 0) is 0 Å². The molecular formula is C6H7N5S. The van der Waals surface area contributed by atoms with Gasteiger partial charge in [-0.25, -0.2) is 4.98 Å². The summed E-state index contributed by atoms with van der Waals surface area (Å²) in [7, 11) is 0. The summed E-state index contributed by atoms with van der Waals surface area (Å²) in [5.74, 6) is 1.03. The normalized spacial score (nSPS) is 10.4. The number of nitrogens with two attached hydrogens (primary N) is 1. The molecule has 0 aromatic carbocycles. The van der Waals surface area contributed by atoms with E-state index in [1.165, 1.54) is 16.0 Å². The van der Waals surface area contributed by atoms with E-state index in [4.69, 9.17) is 5.73 Å². The summed E-state index contributed by atoms with van der Waals surface area (Å²) < 4.78 is 1.53. The van der Waals surface area contributed by atoms with E-state index >= 15 is 0 Å². The average Bonchev–Trinajstić information content (AvgIpc) is 2.58. The van der Waals surface area contributed by atoms with Gasteiger partial charge in [0.2, 0.25) is 11.1 Å². The Morgan fingerprint density at radius 2 is 2.42 bits per heavy atom. The van der Waals surface area contributed by atoms with Crippen LogP contribution in [0.3, 0.4) is 0 Å². The first-order chi connectivity index (χ1) is 5.77. The average molecular weight is 181 g/mol. The minimum Gasteiger partial charge on any atom is -0.368 e. The van der Waals surface area contributed by atoms with Crippen LogP contribution in [0.4, 0.5) is 5.95 Å². The minimum atomic E-state index is 0.377. The summed E-state index contributed by atoms with van der Waals surface area (Å²) in [6, 6.07) is 0. The third-order valence-electron chi connectivity index (χ3n) is 1.34. The minimum absolute atomic E-state index is 0.377. The van der Waals surface area contributed by atoms with Gasteiger partial charge in [0.05, 0.1) is 0 Å². The zero-order chi connectivity index (χ0) is 8.55. The van der Waals surface area contributed by atoms with E-state index in [1.54, 1.807) is 13.1 Å². The van der Waals surface area contributed by atoms with E-state index < -0.39 is 0 Å². The van der Waals surface area contributed by atoms with Crippen molar-refractivity contribution < 1.29 is 0 Å². The van der Waals surface area contributed by atoms with Crippen LogP contribution in [0, 0.1) is 6.92 Å². The zero-order valence-corrected chi connectivity index (χ0v) is 7.25. The van der Waals surface area contributed by atoms with E-state index in [0.29, 0.717) is 11.8 Å². The van der Waals surface area contributed by atoms with Crippen LogP contribution in [-0.4, -0.2) is 19.7 Å². The summed E-state index contributed by atoms with van der Waals surface area (Å²) in [4.78, 5) is 8.02. The quantitative estimate of drug-likeness (QED) is 0.700. The number of aryl methyl sites for hydroxylation is 1. The van der Waals surface area contributed by atoms with Gasteiger partial charge in [0, 0.05) is 11.6 Å². The SMILES string of the molecule is Cc1nc(N)n(-c2nccs2)n1. The second-order valence-electron chi connectivity index (χ2n) is 2.24. The highest BCUT2D eigenvalue weighted by Gasteiger charge is 2.06. The molecule has 2 rings (SSSR count). The Labute approximate surface area is 72.9 Å². The molecular weight excluding hydrogens is 174 g/mol. The van der Waals surface area contributed by atoms with Crippen molar-refractivity contribution in [3.8, 4) is 5.13 Å². The molecule has 0 unspecified atom stereocenters. The predicted molar refractivity (Wildman–Crippen MR) is 46.2 cm³/mol. The molecule has 2 heterocycles. The lowest BCUT2D eigenvalue weighted by atomic mass is 10.8. The molecule has 5 nitrogen and oxygen atoms in total. The molecule has 6 heteroatoms. The Balaban J connectivity index is 2.54. The van der Waals surface area contributed by atoms with Gasteiger partial charge in [0.25, 0.3) is 0 Å². The van der Waals surface area contributed by atoms with Crippen LogP contribution in [0.2, 0.25) is 0 Å². The lowest BCUT2D eigenvalue weighted by Gasteiger charge is -1.93. The number of aromatic nitrogens is 4. The maximum atomic E-state index is 5.59. The number of hydrogen-bond donors (Lipinski definition) is 1. The second kappa shape index (κ2) is 2.56. The Morgan fingerprint density at radius 3 is 2.92 bits per heavy atom. The maximum absolute atomic E-state index is 5.59. The molecule has 0 fully saturated rings. The molecule has 0 atom stereocenters. The van der Waals surface area contributed by atoms with E-state index in [9.17, 15) is 0 Å². The Kier molecular flexibility index (Phi) is 1.54. The number of rotatable bonds is 1. The maximum Gasteiger partial charge on any atom is 0.225 e. The molecule has 0 radical (unpaired) electrons. The first-order valence-electron chi connectivity index (χ1n) is 3.36. The second-order valence-corrected chi connectivity index (χ2v) is 3.12. The molecule has 0 bridgehead atoms. The third kappa shape index (κ3) is 1.06. The van der Waals surface area contributed by atoms with Crippen molar-refractivity contribution in [2.45, 2.75) is 6.92 Å². The molecule has 2 N–H and O–H groups in total. The molecule has 0 spiro atoms. The molecule has 0 aliphatic heterocycles. The van der Waals surface area contributed by atoms with Crippen molar-refractivity contribution >= 4 is 17.3 Å². The fraction of sp³-hybridized carbons (Fsp3) is 0.167. The Bertz CT molecular complexity index is 377. The summed E-state index contributed by atoms with van der Waals surface area (Å²) >= 11 is 1.47. The van der Waals surface area contributed by atoms with E-state index in [2.05, 4.69) is 15.1 Å². The van der Waals surface area contributed by atoms with E-state index in [0.717, 1.165) is 5.13 Å². The van der Waals surface area contributed by atoms with Gasteiger partial charge in [-0.1, -0.05) is 0 Å². The Hall–Kier alpha value is -1.43. The van der Waals surface area contributed by atoms with Crippen molar-refractivity contribution in [1.29, 1.82) is 0 Å². The fourth-order valence-electron chi connectivity index (χ4n) is 0.893. The van der Waals surface area contributed by atoms with Crippen LogP contribution in [0.25, 0.3) is 5.13 Å². The lowest BCUT2D eigenvalue weighted by molar-refractivity contribution is 0.862. The number of nitrogen functional groups attached to an aromatic ring is 1. The number of thiazole rings is 1. The van der Waals surface area contributed by atoms with Crippen molar-refractivity contribution in [2.75, 3.05) is 5.73 Å². The number of anilines is 1. The standard InChI is InChI=1S/C6H7N5S/c1-4-9-5(7)11(10-4)6-8-2-3-12-6/h2-3H,1H3,(H2,7,9,10). The molecule has 0 aliphatic rings. The molecule has 12 heavy (non-hydrogen) atoms. The van der Waals surface area contributed by atoms with Crippen molar-refractivity contribution in [1.82, 2.24) is 19.7 Å².